The van der Waals surface area contributed by atoms with E-state index in [1.54, 1.807) is 0 Å². The fourth-order valence-electron chi connectivity index (χ4n) is 2.11. The third-order valence-corrected chi connectivity index (χ3v) is 3.37. The summed E-state index contributed by atoms with van der Waals surface area (Å²) in [5, 5.41) is 13.9. The average Bonchev–Trinajstić information content (AvgIpc) is 3.00. The molecule has 1 amide bonds. The Labute approximate surface area is 131 Å². The number of hydrogen-bond acceptors (Lipinski definition) is 6. The third-order valence-electron chi connectivity index (χ3n) is 3.09. The number of halogens is 1. The maximum Gasteiger partial charge on any atom is 0.241 e. The number of carbonyl (C=O) groups is 1. The fourth-order valence-corrected chi connectivity index (χ4v) is 2.40. The molecule has 0 aliphatic carbocycles. The second-order valence-electron chi connectivity index (χ2n) is 4.71. The van der Waals surface area contributed by atoms with Crippen molar-refractivity contribution >= 4 is 17.5 Å². The van der Waals surface area contributed by atoms with Gasteiger partial charge in [-0.1, -0.05) is 11.6 Å². The zero-order valence-corrected chi connectivity index (χ0v) is 12.4. The van der Waals surface area contributed by atoms with E-state index in [9.17, 15) is 4.79 Å². The summed E-state index contributed by atoms with van der Waals surface area (Å²) < 4.78 is 12.3. The molecule has 0 bridgehead atoms. The Morgan fingerprint density at radius 1 is 1.36 bits per heavy atom. The minimum Gasteiger partial charge on any atom is -0.486 e. The van der Waals surface area contributed by atoms with Crippen LogP contribution >= 0.6 is 11.6 Å². The monoisotopic (exact) mass is 323 g/mol. The summed E-state index contributed by atoms with van der Waals surface area (Å²) in [5.74, 6) is 1.07. The minimum atomic E-state index is -0.157. The van der Waals surface area contributed by atoms with E-state index >= 15 is 0 Å². The molecule has 1 aromatic heterocycles. The Kier molecular flexibility index (Phi) is 4.38. The van der Waals surface area contributed by atoms with Crippen LogP contribution in [0.2, 0.25) is 5.02 Å². The van der Waals surface area contributed by atoms with Crippen molar-refractivity contribution in [3.63, 3.8) is 0 Å². The van der Waals surface area contributed by atoms with Crippen molar-refractivity contribution < 1.29 is 14.3 Å². The zero-order chi connectivity index (χ0) is 15.4. The average molecular weight is 324 g/mol. The highest BCUT2D eigenvalue weighted by Gasteiger charge is 2.16. The van der Waals surface area contributed by atoms with Gasteiger partial charge in [-0.05, 0) is 34.5 Å². The topological polar surface area (TPSA) is 91.2 Å². The Balaban J connectivity index is 1.53. The molecular formula is C13H14ClN5O3. The molecule has 1 N–H and O–H groups in total. The first-order chi connectivity index (χ1) is 10.7. The van der Waals surface area contributed by atoms with Crippen molar-refractivity contribution in [1.29, 1.82) is 0 Å². The molecule has 2 aromatic rings. The normalized spacial score (nSPS) is 13.0. The van der Waals surface area contributed by atoms with Crippen LogP contribution in [0.15, 0.2) is 18.5 Å². The number of fused-ring (bicyclic) bond motifs is 1. The smallest absolute Gasteiger partial charge is 0.241 e. The van der Waals surface area contributed by atoms with Crippen LogP contribution < -0.4 is 14.8 Å². The quantitative estimate of drug-likeness (QED) is 0.859. The highest BCUT2D eigenvalue weighted by molar-refractivity contribution is 6.32. The highest BCUT2D eigenvalue weighted by atomic mass is 35.5. The lowest BCUT2D eigenvalue weighted by atomic mass is 10.1. The molecule has 1 aromatic carbocycles. The molecule has 0 saturated heterocycles. The minimum absolute atomic E-state index is 0.0922. The van der Waals surface area contributed by atoms with Crippen LogP contribution in [0.25, 0.3) is 0 Å². The number of ether oxygens (including phenoxy) is 2. The van der Waals surface area contributed by atoms with Crippen LogP contribution in [0.1, 0.15) is 5.56 Å². The molecular weight excluding hydrogens is 310 g/mol. The van der Waals surface area contributed by atoms with Gasteiger partial charge < -0.3 is 14.8 Å². The molecule has 0 saturated carbocycles. The van der Waals surface area contributed by atoms with Gasteiger partial charge >= 0.3 is 0 Å². The number of nitrogens with one attached hydrogen (secondary N) is 1. The molecule has 1 aliphatic rings. The van der Waals surface area contributed by atoms with Gasteiger partial charge in [0.15, 0.2) is 11.5 Å². The van der Waals surface area contributed by atoms with Gasteiger partial charge in [0.05, 0.1) is 5.02 Å². The van der Waals surface area contributed by atoms with E-state index in [1.807, 2.05) is 12.1 Å². The predicted octanol–water partition coefficient (Wildman–Crippen LogP) is 0.457. The van der Waals surface area contributed by atoms with E-state index in [2.05, 4.69) is 20.8 Å². The van der Waals surface area contributed by atoms with Gasteiger partial charge in [0.2, 0.25) is 5.91 Å². The first-order valence-corrected chi connectivity index (χ1v) is 7.15. The van der Waals surface area contributed by atoms with Gasteiger partial charge in [-0.25, -0.2) is 4.68 Å². The van der Waals surface area contributed by atoms with E-state index in [1.165, 1.54) is 11.0 Å². The summed E-state index contributed by atoms with van der Waals surface area (Å²) in [6.07, 6.45) is 2.03. The van der Waals surface area contributed by atoms with Gasteiger partial charge in [0.1, 0.15) is 26.1 Å². The van der Waals surface area contributed by atoms with E-state index < -0.39 is 0 Å². The van der Waals surface area contributed by atoms with Crippen LogP contribution in [0.4, 0.5) is 0 Å². The number of rotatable bonds is 5. The Morgan fingerprint density at radius 2 is 2.23 bits per heavy atom. The predicted molar refractivity (Wildman–Crippen MR) is 77.0 cm³/mol. The lowest BCUT2D eigenvalue weighted by Crippen LogP contribution is -2.29. The molecule has 0 fully saturated rings. The van der Waals surface area contributed by atoms with Crippen LogP contribution in [0.3, 0.4) is 0 Å². The summed E-state index contributed by atoms with van der Waals surface area (Å²) in [4.78, 5) is 11.7. The largest absolute Gasteiger partial charge is 0.486 e. The molecule has 0 spiro atoms. The van der Waals surface area contributed by atoms with Crippen LogP contribution in [0.5, 0.6) is 11.5 Å². The van der Waals surface area contributed by atoms with Crippen LogP contribution in [0, 0.1) is 0 Å². The summed E-state index contributed by atoms with van der Waals surface area (Å²) in [5.41, 5.74) is 0.969. The van der Waals surface area contributed by atoms with Crippen molar-refractivity contribution in [2.45, 2.75) is 13.0 Å². The number of amides is 1. The summed E-state index contributed by atoms with van der Waals surface area (Å²) in [7, 11) is 0. The van der Waals surface area contributed by atoms with Gasteiger partial charge in [-0.2, -0.15) is 0 Å². The fraction of sp³-hybridized carbons (Fsp3) is 0.385. The molecule has 3 rings (SSSR count). The standard InChI is InChI=1S/C13H14ClN5O3/c14-10-5-9(6-11-13(10)22-4-3-21-11)1-2-15-12(20)7-19-8-16-17-18-19/h5-6,8H,1-4,7H2,(H,15,20). The second-order valence-corrected chi connectivity index (χ2v) is 5.12. The number of carbonyl (C=O) groups excluding carboxylic acids is 1. The summed E-state index contributed by atoms with van der Waals surface area (Å²) >= 11 is 6.17. The number of tetrazole rings is 1. The summed E-state index contributed by atoms with van der Waals surface area (Å²) in [6, 6.07) is 3.70. The first-order valence-electron chi connectivity index (χ1n) is 6.78. The molecule has 22 heavy (non-hydrogen) atoms. The van der Waals surface area contributed by atoms with Crippen molar-refractivity contribution in [3.8, 4) is 11.5 Å². The Morgan fingerprint density at radius 3 is 3.05 bits per heavy atom. The van der Waals surface area contributed by atoms with Crippen molar-refractivity contribution in [2.24, 2.45) is 0 Å². The first kappa shape index (κ1) is 14.6. The molecule has 0 atom stereocenters. The maximum absolute atomic E-state index is 11.7. The van der Waals surface area contributed by atoms with Gasteiger partial charge in [0.25, 0.3) is 0 Å². The Bertz CT molecular complexity index is 662. The van der Waals surface area contributed by atoms with Crippen LogP contribution in [-0.4, -0.2) is 45.9 Å². The molecule has 116 valence electrons. The van der Waals surface area contributed by atoms with E-state index in [4.69, 9.17) is 21.1 Å². The van der Waals surface area contributed by atoms with Gasteiger partial charge in [-0.15, -0.1) is 5.10 Å². The SMILES string of the molecule is O=C(Cn1cnnn1)NCCc1cc(Cl)c2c(c1)OCCO2. The van der Waals surface area contributed by atoms with Gasteiger partial charge in [0, 0.05) is 6.54 Å². The highest BCUT2D eigenvalue weighted by Crippen LogP contribution is 2.38. The second kappa shape index (κ2) is 6.61. The molecule has 0 unspecified atom stereocenters. The lowest BCUT2D eigenvalue weighted by molar-refractivity contribution is -0.121. The van der Waals surface area contributed by atoms with E-state index in [0.29, 0.717) is 42.7 Å². The Hall–Kier alpha value is -2.35. The van der Waals surface area contributed by atoms with E-state index in [0.717, 1.165) is 5.56 Å². The number of nitrogens with zero attached hydrogens (tertiary/aromatic N) is 4. The number of benzene rings is 1. The van der Waals surface area contributed by atoms with E-state index in [-0.39, 0.29) is 12.5 Å². The van der Waals surface area contributed by atoms with Gasteiger partial charge in [-0.3, -0.25) is 4.79 Å². The van der Waals surface area contributed by atoms with Crippen LogP contribution in [-0.2, 0) is 17.8 Å². The maximum atomic E-state index is 11.7. The molecule has 1 aliphatic heterocycles. The zero-order valence-electron chi connectivity index (χ0n) is 11.7. The molecule has 9 heteroatoms. The lowest BCUT2D eigenvalue weighted by Gasteiger charge is -2.20. The van der Waals surface area contributed by atoms with Crippen molar-refractivity contribution in [3.05, 3.63) is 29.0 Å². The number of aromatic nitrogens is 4. The van der Waals surface area contributed by atoms with Crippen molar-refractivity contribution in [1.82, 2.24) is 25.5 Å². The molecule has 0 radical (unpaired) electrons. The third kappa shape index (κ3) is 3.45. The summed E-state index contributed by atoms with van der Waals surface area (Å²) in [6.45, 7) is 1.58. The van der Waals surface area contributed by atoms with Crippen molar-refractivity contribution in [2.75, 3.05) is 19.8 Å². The number of hydrogen-bond donors (Lipinski definition) is 1. The molecule has 8 nitrogen and oxygen atoms in total. The molecule has 2 heterocycles.